The lowest BCUT2D eigenvalue weighted by Gasteiger charge is -2.42. The third kappa shape index (κ3) is 1.91. The molecule has 2 aliphatic heterocycles. The van der Waals surface area contributed by atoms with E-state index in [2.05, 4.69) is 0 Å². The van der Waals surface area contributed by atoms with Crippen molar-refractivity contribution in [3.63, 3.8) is 0 Å². The van der Waals surface area contributed by atoms with Gasteiger partial charge < -0.3 is 14.6 Å². The fourth-order valence-corrected chi connectivity index (χ4v) is 2.68. The van der Waals surface area contributed by atoms with Crippen LogP contribution >= 0.6 is 0 Å². The van der Waals surface area contributed by atoms with E-state index in [1.54, 1.807) is 6.07 Å². The SMILES string of the molecule is O[C@H]1CC2(CCCOC2)Oc2cc(F)ccc21. The smallest absolute Gasteiger partial charge is 0.135 e. The Morgan fingerprint density at radius 2 is 2.29 bits per heavy atom. The molecule has 1 aromatic rings. The largest absolute Gasteiger partial charge is 0.484 e. The van der Waals surface area contributed by atoms with E-state index in [0.717, 1.165) is 19.4 Å². The van der Waals surface area contributed by atoms with Gasteiger partial charge in [0.25, 0.3) is 0 Å². The molecule has 2 aliphatic rings. The fraction of sp³-hybridized carbons (Fsp3) is 0.538. The Balaban J connectivity index is 1.95. The number of fused-ring (bicyclic) bond motifs is 1. The molecule has 0 radical (unpaired) electrons. The second-order valence-electron chi connectivity index (χ2n) is 4.84. The molecule has 2 atom stereocenters. The monoisotopic (exact) mass is 238 g/mol. The molecule has 0 aliphatic carbocycles. The van der Waals surface area contributed by atoms with Crippen LogP contribution in [-0.4, -0.2) is 23.9 Å². The molecule has 1 fully saturated rings. The highest BCUT2D eigenvalue weighted by Gasteiger charge is 2.42. The first kappa shape index (κ1) is 11.0. The van der Waals surface area contributed by atoms with E-state index in [1.165, 1.54) is 12.1 Å². The molecular weight excluding hydrogens is 223 g/mol. The van der Waals surface area contributed by atoms with Crippen LogP contribution in [0.2, 0.25) is 0 Å². The molecule has 4 heteroatoms. The van der Waals surface area contributed by atoms with Gasteiger partial charge >= 0.3 is 0 Å². The minimum absolute atomic E-state index is 0.343. The molecule has 3 rings (SSSR count). The van der Waals surface area contributed by atoms with Gasteiger partial charge in [0.05, 0.1) is 12.7 Å². The summed E-state index contributed by atoms with van der Waals surface area (Å²) in [7, 11) is 0. The number of aliphatic hydroxyl groups is 1. The van der Waals surface area contributed by atoms with Crippen LogP contribution in [0.15, 0.2) is 18.2 Å². The van der Waals surface area contributed by atoms with Crippen molar-refractivity contribution in [3.05, 3.63) is 29.6 Å². The molecule has 1 spiro atoms. The summed E-state index contributed by atoms with van der Waals surface area (Å²) in [5.41, 5.74) is 0.195. The summed E-state index contributed by atoms with van der Waals surface area (Å²) < 4.78 is 24.5. The van der Waals surface area contributed by atoms with Gasteiger partial charge in [0.2, 0.25) is 0 Å². The number of aliphatic hydroxyl groups excluding tert-OH is 1. The number of hydrogen-bond donors (Lipinski definition) is 1. The molecule has 1 aromatic carbocycles. The van der Waals surface area contributed by atoms with E-state index in [1.807, 2.05) is 0 Å². The number of benzene rings is 1. The summed E-state index contributed by atoms with van der Waals surface area (Å²) in [5, 5.41) is 10.1. The van der Waals surface area contributed by atoms with Gasteiger partial charge in [0.15, 0.2) is 0 Å². The van der Waals surface area contributed by atoms with Gasteiger partial charge in [-0.15, -0.1) is 0 Å². The Morgan fingerprint density at radius 1 is 1.41 bits per heavy atom. The standard InChI is InChI=1S/C13H15FO3/c14-9-2-3-10-11(15)7-13(17-12(10)6-9)4-1-5-16-8-13/h2-3,6,11,15H,1,4-5,7-8H2/t11-,13?/m0/s1. The Labute approximate surface area is 99.2 Å². The quantitative estimate of drug-likeness (QED) is 0.753. The highest BCUT2D eigenvalue weighted by atomic mass is 19.1. The zero-order valence-corrected chi connectivity index (χ0v) is 9.49. The van der Waals surface area contributed by atoms with E-state index in [0.29, 0.717) is 24.3 Å². The molecule has 92 valence electrons. The van der Waals surface area contributed by atoms with Crippen molar-refractivity contribution in [1.29, 1.82) is 0 Å². The van der Waals surface area contributed by atoms with Gasteiger partial charge in [-0.25, -0.2) is 4.39 Å². The lowest BCUT2D eigenvalue weighted by Crippen LogP contribution is -2.47. The first-order valence-corrected chi connectivity index (χ1v) is 5.93. The highest BCUT2D eigenvalue weighted by Crippen LogP contribution is 2.43. The van der Waals surface area contributed by atoms with E-state index in [9.17, 15) is 9.50 Å². The average molecular weight is 238 g/mol. The number of ether oxygens (including phenoxy) is 2. The van der Waals surface area contributed by atoms with Crippen molar-refractivity contribution in [2.24, 2.45) is 0 Å². The minimum atomic E-state index is -0.596. The lowest BCUT2D eigenvalue weighted by molar-refractivity contribution is -0.103. The van der Waals surface area contributed by atoms with E-state index in [4.69, 9.17) is 9.47 Å². The van der Waals surface area contributed by atoms with E-state index < -0.39 is 11.7 Å². The predicted molar refractivity (Wildman–Crippen MR) is 59.4 cm³/mol. The third-order valence-corrected chi connectivity index (χ3v) is 3.51. The summed E-state index contributed by atoms with van der Waals surface area (Å²) in [5.74, 6) is 0.110. The van der Waals surface area contributed by atoms with Gasteiger partial charge in [0, 0.05) is 24.7 Å². The maximum absolute atomic E-state index is 13.2. The summed E-state index contributed by atoms with van der Waals surface area (Å²) in [6.45, 7) is 1.21. The average Bonchev–Trinajstić information content (AvgIpc) is 2.29. The molecule has 2 heterocycles. The van der Waals surface area contributed by atoms with Crippen molar-refractivity contribution < 1.29 is 19.0 Å². The summed E-state index contributed by atoms with van der Waals surface area (Å²) in [6, 6.07) is 4.28. The van der Waals surface area contributed by atoms with Gasteiger partial charge in [-0.2, -0.15) is 0 Å². The van der Waals surface area contributed by atoms with E-state index >= 15 is 0 Å². The number of hydrogen-bond acceptors (Lipinski definition) is 3. The molecule has 0 aromatic heterocycles. The van der Waals surface area contributed by atoms with Gasteiger partial charge in [0.1, 0.15) is 17.2 Å². The van der Waals surface area contributed by atoms with Crippen LogP contribution in [0.25, 0.3) is 0 Å². The zero-order valence-electron chi connectivity index (χ0n) is 9.49. The molecule has 1 saturated heterocycles. The Bertz CT molecular complexity index is 427. The molecule has 0 saturated carbocycles. The Kier molecular flexibility index (Phi) is 2.56. The molecule has 17 heavy (non-hydrogen) atoms. The van der Waals surface area contributed by atoms with Gasteiger partial charge in [-0.3, -0.25) is 0 Å². The van der Waals surface area contributed by atoms with Crippen LogP contribution in [0.4, 0.5) is 4.39 Å². The third-order valence-electron chi connectivity index (χ3n) is 3.51. The highest BCUT2D eigenvalue weighted by molar-refractivity contribution is 5.38. The Morgan fingerprint density at radius 3 is 3.06 bits per heavy atom. The van der Waals surface area contributed by atoms with Crippen molar-refractivity contribution in [3.8, 4) is 5.75 Å². The second kappa shape index (κ2) is 3.96. The molecule has 3 nitrogen and oxygen atoms in total. The van der Waals surface area contributed by atoms with Crippen LogP contribution in [-0.2, 0) is 4.74 Å². The molecule has 1 N–H and O–H groups in total. The number of rotatable bonds is 0. The summed E-state index contributed by atoms with van der Waals surface area (Å²) in [4.78, 5) is 0. The Hall–Kier alpha value is -1.13. The number of halogens is 1. The second-order valence-corrected chi connectivity index (χ2v) is 4.84. The van der Waals surface area contributed by atoms with E-state index in [-0.39, 0.29) is 5.82 Å². The van der Waals surface area contributed by atoms with Crippen LogP contribution in [0.5, 0.6) is 5.75 Å². The van der Waals surface area contributed by atoms with Crippen LogP contribution < -0.4 is 4.74 Å². The predicted octanol–water partition coefficient (Wildman–Crippen LogP) is 2.19. The van der Waals surface area contributed by atoms with Crippen LogP contribution in [0.1, 0.15) is 30.9 Å². The summed E-state index contributed by atoms with van der Waals surface area (Å²) >= 11 is 0. The molecular formula is C13H15FO3. The van der Waals surface area contributed by atoms with Crippen molar-refractivity contribution >= 4 is 0 Å². The van der Waals surface area contributed by atoms with Crippen LogP contribution in [0, 0.1) is 5.82 Å². The van der Waals surface area contributed by atoms with Crippen molar-refractivity contribution in [1.82, 2.24) is 0 Å². The minimum Gasteiger partial charge on any atom is -0.484 e. The topological polar surface area (TPSA) is 38.7 Å². The molecule has 0 bridgehead atoms. The van der Waals surface area contributed by atoms with Crippen molar-refractivity contribution in [2.75, 3.05) is 13.2 Å². The zero-order chi connectivity index (χ0) is 11.9. The molecule has 0 amide bonds. The first-order chi connectivity index (χ1) is 8.19. The summed E-state index contributed by atoms with van der Waals surface area (Å²) in [6.07, 6.45) is 1.68. The normalized spacial score (nSPS) is 32.0. The van der Waals surface area contributed by atoms with Gasteiger partial charge in [-0.1, -0.05) is 0 Å². The van der Waals surface area contributed by atoms with Crippen LogP contribution in [0.3, 0.4) is 0 Å². The first-order valence-electron chi connectivity index (χ1n) is 5.93. The molecule has 1 unspecified atom stereocenters. The fourth-order valence-electron chi connectivity index (χ4n) is 2.68. The lowest BCUT2D eigenvalue weighted by atomic mass is 9.85. The van der Waals surface area contributed by atoms with Crippen molar-refractivity contribution in [2.45, 2.75) is 31.0 Å². The maximum Gasteiger partial charge on any atom is 0.135 e. The maximum atomic E-state index is 13.2. The van der Waals surface area contributed by atoms with Gasteiger partial charge in [-0.05, 0) is 25.0 Å².